The Balaban J connectivity index is 2.28. The summed E-state index contributed by atoms with van der Waals surface area (Å²) in [6.07, 6.45) is 0. The molecule has 1 N–H and O–H groups in total. The number of aliphatic carboxylic acids is 1. The molecule has 0 aliphatic carbocycles. The molecule has 1 atom stereocenters. The molecule has 0 bridgehead atoms. The number of hydroxylamine groups is 1. The first-order chi connectivity index (χ1) is 12.8. The van der Waals surface area contributed by atoms with Crippen molar-refractivity contribution < 1.29 is 37.8 Å². The minimum atomic E-state index is -2.58. The lowest BCUT2D eigenvalue weighted by atomic mass is 9.77. The lowest BCUT2D eigenvalue weighted by molar-refractivity contribution is -0.164. The Labute approximate surface area is 151 Å². The third-order valence-corrected chi connectivity index (χ3v) is 4.30. The number of carbonyl (C=O) groups is 3. The topological polar surface area (TPSA) is 106 Å². The first-order valence-electron chi connectivity index (χ1n) is 7.83. The van der Waals surface area contributed by atoms with E-state index in [1.807, 2.05) is 0 Å². The minimum Gasteiger partial charge on any atom is -0.480 e. The van der Waals surface area contributed by atoms with Gasteiger partial charge in [-0.2, -0.15) is 0 Å². The van der Waals surface area contributed by atoms with Crippen molar-refractivity contribution in [2.24, 2.45) is 5.41 Å². The molecule has 2 heterocycles. The largest absolute Gasteiger partial charge is 0.480 e. The van der Waals surface area contributed by atoms with E-state index >= 15 is 0 Å². The van der Waals surface area contributed by atoms with Gasteiger partial charge in [-0.15, -0.1) is 0 Å². The minimum absolute atomic E-state index is 0.0291. The van der Waals surface area contributed by atoms with Gasteiger partial charge < -0.3 is 9.84 Å². The summed E-state index contributed by atoms with van der Waals surface area (Å²) in [5.41, 5.74) is -2.83. The molecule has 0 saturated heterocycles. The Morgan fingerprint density at radius 2 is 1.96 bits per heavy atom. The zero-order valence-electron chi connectivity index (χ0n) is 14.3. The Bertz CT molecular complexity index is 980. The van der Waals surface area contributed by atoms with Gasteiger partial charge >= 0.3 is 11.9 Å². The number of fused-ring (bicyclic) bond motifs is 2. The second-order valence-corrected chi connectivity index (χ2v) is 5.80. The number of rotatable bonds is 4. The number of hydrogen-bond donors (Lipinski definition) is 1. The molecule has 0 fully saturated rings. The predicted octanol–water partition coefficient (Wildman–Crippen LogP) is 1.71. The molecule has 8 nitrogen and oxygen atoms in total. The van der Waals surface area contributed by atoms with E-state index in [4.69, 9.17) is 9.57 Å². The summed E-state index contributed by atoms with van der Waals surface area (Å²) in [6.45, 7) is 0.641. The van der Waals surface area contributed by atoms with E-state index in [2.05, 4.69) is 4.98 Å². The average molecular weight is 380 g/mol. The molecule has 1 aliphatic heterocycles. The van der Waals surface area contributed by atoms with Crippen LogP contribution in [0.1, 0.15) is 17.3 Å². The molecular weight excluding hydrogens is 366 g/mol. The van der Waals surface area contributed by atoms with Gasteiger partial charge in [-0.05, 0) is 19.1 Å². The quantitative estimate of drug-likeness (QED) is 0.631. The highest BCUT2D eigenvalue weighted by Gasteiger charge is 2.60. The zero-order valence-corrected chi connectivity index (χ0v) is 14.3. The molecular formula is C17H14F2N2O6. The SMILES string of the molecule is CCOC(=O)C1(C(=O)O)CN(OC)c2nc3cc(F)c(F)cc3cc2C1=O. The first-order valence-corrected chi connectivity index (χ1v) is 7.83. The van der Waals surface area contributed by atoms with Crippen LogP contribution in [0.15, 0.2) is 18.2 Å². The van der Waals surface area contributed by atoms with Crippen LogP contribution in [0.2, 0.25) is 0 Å². The van der Waals surface area contributed by atoms with Crippen molar-refractivity contribution in [2.45, 2.75) is 6.92 Å². The number of hydrogen-bond acceptors (Lipinski definition) is 7. The second-order valence-electron chi connectivity index (χ2n) is 5.80. The maximum Gasteiger partial charge on any atom is 0.333 e. The fourth-order valence-corrected chi connectivity index (χ4v) is 2.92. The molecule has 0 amide bonds. The summed E-state index contributed by atoms with van der Waals surface area (Å²) in [5.74, 6) is -6.44. The van der Waals surface area contributed by atoms with Crippen molar-refractivity contribution in [3.63, 3.8) is 0 Å². The standard InChI is InChI=1S/C17H14F2N2O6/c1-3-27-16(25)17(15(23)24)7-21(26-2)14-9(13(17)22)4-8-5-10(18)11(19)6-12(8)20-14/h4-6H,3,7H2,1-2H3,(H,23,24). The number of ether oxygens (including phenoxy) is 1. The van der Waals surface area contributed by atoms with Crippen molar-refractivity contribution in [3.8, 4) is 0 Å². The van der Waals surface area contributed by atoms with Crippen LogP contribution in [0.3, 0.4) is 0 Å². The molecule has 2 aromatic rings. The Kier molecular flexibility index (Phi) is 4.52. The molecule has 142 valence electrons. The predicted molar refractivity (Wildman–Crippen MR) is 87.0 cm³/mol. The zero-order chi connectivity index (χ0) is 19.9. The van der Waals surface area contributed by atoms with Gasteiger partial charge in [0.25, 0.3) is 0 Å². The number of benzene rings is 1. The fraction of sp³-hybridized carbons (Fsp3) is 0.294. The van der Waals surface area contributed by atoms with Crippen molar-refractivity contribution in [3.05, 3.63) is 35.4 Å². The summed E-state index contributed by atoms with van der Waals surface area (Å²) in [4.78, 5) is 46.4. The van der Waals surface area contributed by atoms with Crippen LogP contribution in [0.4, 0.5) is 14.6 Å². The summed E-state index contributed by atoms with van der Waals surface area (Å²) in [7, 11) is 1.19. The molecule has 1 unspecified atom stereocenters. The lowest BCUT2D eigenvalue weighted by Crippen LogP contribution is -2.57. The molecule has 3 rings (SSSR count). The van der Waals surface area contributed by atoms with Gasteiger partial charge in [0.15, 0.2) is 23.2 Å². The van der Waals surface area contributed by atoms with Crippen LogP contribution < -0.4 is 5.06 Å². The van der Waals surface area contributed by atoms with Crippen LogP contribution in [0.5, 0.6) is 0 Å². The number of esters is 1. The summed E-state index contributed by atoms with van der Waals surface area (Å²) in [6, 6.07) is 2.81. The number of carboxylic acids is 1. The van der Waals surface area contributed by atoms with Crippen molar-refractivity contribution in [2.75, 3.05) is 25.3 Å². The van der Waals surface area contributed by atoms with E-state index in [-0.39, 0.29) is 28.9 Å². The van der Waals surface area contributed by atoms with Gasteiger partial charge in [-0.25, -0.2) is 18.8 Å². The smallest absolute Gasteiger partial charge is 0.333 e. The van der Waals surface area contributed by atoms with Gasteiger partial charge in [-0.3, -0.25) is 19.2 Å². The van der Waals surface area contributed by atoms with Crippen LogP contribution in [-0.4, -0.2) is 48.1 Å². The first kappa shape index (κ1) is 18.6. The lowest BCUT2D eigenvalue weighted by Gasteiger charge is -2.36. The molecule has 1 aromatic heterocycles. The van der Waals surface area contributed by atoms with Crippen LogP contribution in [-0.2, 0) is 19.2 Å². The molecule has 1 aliphatic rings. The van der Waals surface area contributed by atoms with Crippen LogP contribution in [0.25, 0.3) is 10.9 Å². The van der Waals surface area contributed by atoms with E-state index < -0.39 is 41.3 Å². The Morgan fingerprint density at radius 1 is 1.30 bits per heavy atom. The number of aromatic nitrogens is 1. The third-order valence-electron chi connectivity index (χ3n) is 4.30. The summed E-state index contributed by atoms with van der Waals surface area (Å²) < 4.78 is 31.8. The summed E-state index contributed by atoms with van der Waals surface area (Å²) >= 11 is 0. The van der Waals surface area contributed by atoms with Gasteiger partial charge in [0.05, 0.1) is 31.3 Å². The molecule has 0 spiro atoms. The van der Waals surface area contributed by atoms with Gasteiger partial charge in [-0.1, -0.05) is 0 Å². The van der Waals surface area contributed by atoms with E-state index in [1.54, 1.807) is 0 Å². The number of halogens is 2. The van der Waals surface area contributed by atoms with Crippen molar-refractivity contribution in [1.29, 1.82) is 0 Å². The number of ketones is 1. The molecule has 1 aromatic carbocycles. The highest BCUT2D eigenvalue weighted by molar-refractivity contribution is 6.28. The molecule has 0 saturated carbocycles. The summed E-state index contributed by atoms with van der Waals surface area (Å²) in [5, 5.41) is 10.6. The average Bonchev–Trinajstić information content (AvgIpc) is 2.62. The molecule has 27 heavy (non-hydrogen) atoms. The number of nitrogens with zero attached hydrogens (tertiary/aromatic N) is 2. The highest BCUT2D eigenvalue weighted by Crippen LogP contribution is 2.38. The van der Waals surface area contributed by atoms with Crippen molar-refractivity contribution >= 4 is 34.4 Å². The molecule has 0 radical (unpaired) electrons. The Morgan fingerprint density at radius 3 is 2.56 bits per heavy atom. The van der Waals surface area contributed by atoms with E-state index in [9.17, 15) is 28.3 Å². The number of carbonyl (C=O) groups excluding carboxylic acids is 2. The van der Waals surface area contributed by atoms with Crippen molar-refractivity contribution in [1.82, 2.24) is 4.98 Å². The van der Waals surface area contributed by atoms with E-state index in [0.717, 1.165) is 23.3 Å². The number of Topliss-reactive ketones (excluding diaryl/α,β-unsaturated/α-hetero) is 1. The second kappa shape index (κ2) is 6.54. The molecule has 10 heteroatoms. The number of pyridine rings is 1. The van der Waals surface area contributed by atoms with Gasteiger partial charge in [0.1, 0.15) is 0 Å². The van der Waals surface area contributed by atoms with E-state index in [0.29, 0.717) is 0 Å². The fourth-order valence-electron chi connectivity index (χ4n) is 2.92. The maximum absolute atomic E-state index is 13.5. The highest BCUT2D eigenvalue weighted by atomic mass is 19.2. The maximum atomic E-state index is 13.5. The number of anilines is 1. The number of carboxylic acid groups (broad SMARTS) is 1. The normalized spacial score (nSPS) is 19.1. The third kappa shape index (κ3) is 2.69. The van der Waals surface area contributed by atoms with Crippen LogP contribution >= 0.6 is 0 Å². The van der Waals surface area contributed by atoms with Gasteiger partial charge in [0.2, 0.25) is 5.41 Å². The monoisotopic (exact) mass is 380 g/mol. The van der Waals surface area contributed by atoms with Gasteiger partial charge in [0, 0.05) is 11.5 Å². The van der Waals surface area contributed by atoms with Crippen LogP contribution in [0, 0.1) is 17.0 Å². The van der Waals surface area contributed by atoms with E-state index in [1.165, 1.54) is 14.0 Å². The Hall–Kier alpha value is -3.14.